The van der Waals surface area contributed by atoms with Crippen LogP contribution in [-0.4, -0.2) is 17.6 Å². The number of nitrogens with zero attached hydrogens (tertiary/aromatic N) is 2. The van der Waals surface area contributed by atoms with E-state index in [0.29, 0.717) is 5.69 Å². The lowest BCUT2D eigenvalue weighted by Gasteiger charge is -2.11. The molecule has 0 saturated heterocycles. The number of hydrogen-bond donors (Lipinski definition) is 0. The Kier molecular flexibility index (Phi) is 4.32. The molecule has 0 unspecified atom stereocenters. The first-order valence-corrected chi connectivity index (χ1v) is 10.6. The van der Waals surface area contributed by atoms with Crippen molar-refractivity contribution in [2.45, 2.75) is 24.7 Å². The van der Waals surface area contributed by atoms with E-state index in [1.807, 2.05) is 37.3 Å². The van der Waals surface area contributed by atoms with Crippen LogP contribution in [0.15, 0.2) is 64.0 Å². The second-order valence-electron chi connectivity index (χ2n) is 6.32. The minimum Gasteiger partial charge on any atom is -0.199 e. The lowest BCUT2D eigenvalue weighted by atomic mass is 9.99. The molecular weight excluding hydrogens is 412 g/mol. The highest BCUT2D eigenvalue weighted by Gasteiger charge is 2.27. The Bertz CT molecular complexity index is 1100. The molecule has 0 N–H and O–H groups in total. The first kappa shape index (κ1) is 17.2. The Labute approximate surface area is 161 Å². The van der Waals surface area contributed by atoms with Crippen LogP contribution in [0.4, 0.5) is 0 Å². The van der Waals surface area contributed by atoms with Gasteiger partial charge in [0, 0.05) is 15.6 Å². The van der Waals surface area contributed by atoms with Crippen molar-refractivity contribution in [1.29, 1.82) is 0 Å². The zero-order valence-electron chi connectivity index (χ0n) is 14.2. The molecule has 1 aliphatic rings. The van der Waals surface area contributed by atoms with Gasteiger partial charge in [0.1, 0.15) is 0 Å². The van der Waals surface area contributed by atoms with Crippen LogP contribution >= 0.6 is 15.9 Å². The first-order valence-electron chi connectivity index (χ1n) is 8.33. The number of aryl methyl sites for hydroxylation is 2. The summed E-state index contributed by atoms with van der Waals surface area (Å²) in [5.41, 5.74) is 4.16. The molecule has 0 spiro atoms. The van der Waals surface area contributed by atoms with Gasteiger partial charge in [-0.05, 0) is 44.0 Å². The number of fused-ring (bicyclic) bond motifs is 1. The number of aromatic nitrogens is 2. The predicted molar refractivity (Wildman–Crippen MR) is 106 cm³/mol. The molecule has 6 heteroatoms. The van der Waals surface area contributed by atoms with Gasteiger partial charge in [-0.1, -0.05) is 57.9 Å². The maximum atomic E-state index is 13.3. The highest BCUT2D eigenvalue weighted by Crippen LogP contribution is 2.34. The molecule has 4 nitrogen and oxygen atoms in total. The molecule has 1 aliphatic carbocycles. The third kappa shape index (κ3) is 2.93. The van der Waals surface area contributed by atoms with Crippen LogP contribution in [0.2, 0.25) is 0 Å². The molecule has 0 atom stereocenters. The summed E-state index contributed by atoms with van der Waals surface area (Å²) < 4.78 is 28.7. The third-order valence-corrected chi connectivity index (χ3v) is 6.58. The van der Waals surface area contributed by atoms with Gasteiger partial charge in [-0.25, -0.2) is 0 Å². The second kappa shape index (κ2) is 6.52. The summed E-state index contributed by atoms with van der Waals surface area (Å²) in [6.07, 6.45) is 5.65. The quantitative estimate of drug-likeness (QED) is 0.600. The van der Waals surface area contributed by atoms with Gasteiger partial charge in [0.15, 0.2) is 0 Å². The van der Waals surface area contributed by atoms with E-state index in [9.17, 15) is 8.42 Å². The van der Waals surface area contributed by atoms with E-state index in [1.165, 1.54) is 4.09 Å². The van der Waals surface area contributed by atoms with Crippen LogP contribution in [-0.2, 0) is 16.4 Å². The van der Waals surface area contributed by atoms with E-state index < -0.39 is 10.0 Å². The first-order chi connectivity index (χ1) is 12.5. The van der Waals surface area contributed by atoms with Gasteiger partial charge >= 0.3 is 0 Å². The molecular formula is C20H17BrN2O2S. The van der Waals surface area contributed by atoms with Gasteiger partial charge < -0.3 is 0 Å². The molecule has 1 aromatic heterocycles. The highest BCUT2D eigenvalue weighted by molar-refractivity contribution is 9.10. The Balaban J connectivity index is 1.97. The summed E-state index contributed by atoms with van der Waals surface area (Å²) in [7, 11) is -3.78. The van der Waals surface area contributed by atoms with Gasteiger partial charge in [0.2, 0.25) is 0 Å². The van der Waals surface area contributed by atoms with Crippen molar-refractivity contribution in [3.63, 3.8) is 0 Å². The van der Waals surface area contributed by atoms with Crippen LogP contribution in [0.1, 0.15) is 23.2 Å². The number of allylic oxidation sites excluding steroid dienone is 1. The zero-order valence-corrected chi connectivity index (χ0v) is 16.6. The zero-order chi connectivity index (χ0) is 18.3. The maximum absolute atomic E-state index is 13.3. The summed E-state index contributed by atoms with van der Waals surface area (Å²) in [4.78, 5) is 0.241. The third-order valence-electron chi connectivity index (χ3n) is 4.47. The predicted octanol–water partition coefficient (Wildman–Crippen LogP) is 4.82. The van der Waals surface area contributed by atoms with Gasteiger partial charge in [0.25, 0.3) is 10.0 Å². The van der Waals surface area contributed by atoms with E-state index in [0.717, 1.165) is 39.7 Å². The molecule has 3 aromatic rings. The van der Waals surface area contributed by atoms with Crippen molar-refractivity contribution in [2.24, 2.45) is 0 Å². The van der Waals surface area contributed by atoms with E-state index in [4.69, 9.17) is 0 Å². The molecule has 0 amide bonds. The number of halogens is 1. The fraction of sp³-hybridized carbons (Fsp3) is 0.150. The molecule has 2 aromatic carbocycles. The molecule has 0 aliphatic heterocycles. The van der Waals surface area contributed by atoms with E-state index in [2.05, 4.69) is 27.1 Å². The van der Waals surface area contributed by atoms with Crippen molar-refractivity contribution < 1.29 is 8.42 Å². The van der Waals surface area contributed by atoms with Gasteiger partial charge in [-0.15, -0.1) is 0 Å². The standard InChI is InChI=1S/C20H17BrN2O2S/c1-14-6-12-17(13-7-14)26(24,25)23-20(15-8-10-16(21)11-9-15)18-4-2-3-5-19(18)22-23/h2,4,6-13H,3,5H2,1H3. The van der Waals surface area contributed by atoms with Gasteiger partial charge in [-0.3, -0.25) is 0 Å². The number of hydrogen-bond acceptors (Lipinski definition) is 3. The van der Waals surface area contributed by atoms with Gasteiger partial charge in [0.05, 0.1) is 16.3 Å². The number of benzene rings is 2. The van der Waals surface area contributed by atoms with Crippen LogP contribution in [0.3, 0.4) is 0 Å². The minimum absolute atomic E-state index is 0.241. The van der Waals surface area contributed by atoms with E-state index >= 15 is 0 Å². The summed E-state index contributed by atoms with van der Waals surface area (Å²) in [6, 6.07) is 14.5. The van der Waals surface area contributed by atoms with Crippen molar-refractivity contribution in [3.05, 3.63) is 75.9 Å². The average Bonchev–Trinajstić information content (AvgIpc) is 3.03. The molecule has 0 fully saturated rings. The average molecular weight is 429 g/mol. The molecule has 4 rings (SSSR count). The molecule has 132 valence electrons. The van der Waals surface area contributed by atoms with Crippen LogP contribution in [0, 0.1) is 6.92 Å². The second-order valence-corrected chi connectivity index (χ2v) is 9.00. The normalized spacial score (nSPS) is 13.6. The monoisotopic (exact) mass is 428 g/mol. The fourth-order valence-electron chi connectivity index (χ4n) is 3.09. The minimum atomic E-state index is -3.78. The Morgan fingerprint density at radius 3 is 2.42 bits per heavy atom. The summed E-state index contributed by atoms with van der Waals surface area (Å²) in [5, 5.41) is 4.49. The Hall–Kier alpha value is -2.18. The van der Waals surface area contributed by atoms with Crippen molar-refractivity contribution in [1.82, 2.24) is 9.19 Å². The number of rotatable bonds is 3. The molecule has 1 heterocycles. The molecule has 0 radical (unpaired) electrons. The smallest absolute Gasteiger partial charge is 0.199 e. The van der Waals surface area contributed by atoms with Gasteiger partial charge in [-0.2, -0.15) is 17.6 Å². The SMILES string of the molecule is Cc1ccc(S(=O)(=O)n2nc3c(c2-c2ccc(Br)cc2)C=CCC3)cc1. The molecule has 0 bridgehead atoms. The van der Waals surface area contributed by atoms with Crippen molar-refractivity contribution >= 4 is 32.0 Å². The molecule has 0 saturated carbocycles. The summed E-state index contributed by atoms with van der Waals surface area (Å²) in [5.74, 6) is 0. The van der Waals surface area contributed by atoms with E-state index in [-0.39, 0.29) is 4.90 Å². The highest BCUT2D eigenvalue weighted by atomic mass is 79.9. The van der Waals surface area contributed by atoms with Crippen LogP contribution in [0.5, 0.6) is 0 Å². The Morgan fingerprint density at radius 1 is 1.04 bits per heavy atom. The summed E-state index contributed by atoms with van der Waals surface area (Å²) >= 11 is 3.43. The van der Waals surface area contributed by atoms with Crippen LogP contribution in [0.25, 0.3) is 17.3 Å². The topological polar surface area (TPSA) is 52.0 Å². The Morgan fingerprint density at radius 2 is 1.73 bits per heavy atom. The molecule has 26 heavy (non-hydrogen) atoms. The fourth-order valence-corrected chi connectivity index (χ4v) is 4.69. The van der Waals surface area contributed by atoms with Crippen molar-refractivity contribution in [3.8, 4) is 11.3 Å². The summed E-state index contributed by atoms with van der Waals surface area (Å²) in [6.45, 7) is 1.93. The lowest BCUT2D eigenvalue weighted by Crippen LogP contribution is -2.16. The largest absolute Gasteiger partial charge is 0.283 e. The lowest BCUT2D eigenvalue weighted by molar-refractivity contribution is 0.580. The van der Waals surface area contributed by atoms with Crippen molar-refractivity contribution in [2.75, 3.05) is 0 Å². The van der Waals surface area contributed by atoms with Crippen LogP contribution < -0.4 is 0 Å². The van der Waals surface area contributed by atoms with E-state index in [1.54, 1.807) is 24.3 Å². The maximum Gasteiger partial charge on any atom is 0.283 e.